The molecule has 1 saturated carbocycles. The molecule has 1 heteroatoms. The van der Waals surface area contributed by atoms with E-state index in [1.807, 2.05) is 0 Å². The normalized spacial score (nSPS) is 27.2. The fourth-order valence-corrected chi connectivity index (χ4v) is 2.84. The Morgan fingerprint density at radius 2 is 2.07 bits per heavy atom. The van der Waals surface area contributed by atoms with Crippen LogP contribution in [0.25, 0.3) is 0 Å². The third-order valence-corrected chi connectivity index (χ3v) is 3.55. The second-order valence-electron chi connectivity index (χ2n) is 5.67. The Labute approximate surface area is 96.0 Å². The molecule has 90 valence electrons. The lowest BCUT2D eigenvalue weighted by Gasteiger charge is -2.30. The molecule has 1 rings (SSSR count). The van der Waals surface area contributed by atoms with Gasteiger partial charge in [0.1, 0.15) is 0 Å². The van der Waals surface area contributed by atoms with Gasteiger partial charge < -0.3 is 5.32 Å². The van der Waals surface area contributed by atoms with E-state index in [0.29, 0.717) is 0 Å². The predicted molar refractivity (Wildman–Crippen MR) is 68.1 cm³/mol. The zero-order valence-corrected chi connectivity index (χ0v) is 10.9. The molecule has 0 aromatic carbocycles. The Kier molecular flexibility index (Phi) is 6.31. The summed E-state index contributed by atoms with van der Waals surface area (Å²) < 4.78 is 0. The van der Waals surface area contributed by atoms with E-state index in [1.165, 1.54) is 51.5 Å². The molecule has 1 fully saturated rings. The molecule has 0 saturated heterocycles. The lowest BCUT2D eigenvalue weighted by atomic mass is 9.81. The van der Waals surface area contributed by atoms with Gasteiger partial charge >= 0.3 is 0 Å². The molecule has 1 N–H and O–H groups in total. The lowest BCUT2D eigenvalue weighted by Crippen LogP contribution is -2.35. The molecule has 1 nitrogen and oxygen atoms in total. The van der Waals surface area contributed by atoms with Crippen LogP contribution in [0.15, 0.2) is 0 Å². The highest BCUT2D eigenvalue weighted by atomic mass is 14.9. The van der Waals surface area contributed by atoms with Gasteiger partial charge in [0.15, 0.2) is 0 Å². The first-order valence-electron chi connectivity index (χ1n) is 6.95. The minimum atomic E-state index is 0.828. The molecule has 1 aliphatic rings. The molecule has 0 aromatic heterocycles. The number of nitrogens with one attached hydrogen (secondary N) is 1. The van der Waals surface area contributed by atoms with Crippen LogP contribution in [0.2, 0.25) is 0 Å². The summed E-state index contributed by atoms with van der Waals surface area (Å²) in [6.45, 7) is 8.21. The van der Waals surface area contributed by atoms with Crippen molar-refractivity contribution in [2.24, 2.45) is 11.8 Å². The first-order chi connectivity index (χ1) is 7.22. The van der Waals surface area contributed by atoms with Crippen molar-refractivity contribution in [3.63, 3.8) is 0 Å². The topological polar surface area (TPSA) is 12.0 Å². The highest BCUT2D eigenvalue weighted by Crippen LogP contribution is 2.29. The zero-order valence-electron chi connectivity index (χ0n) is 10.9. The Morgan fingerprint density at radius 1 is 1.27 bits per heavy atom. The summed E-state index contributed by atoms with van der Waals surface area (Å²) in [7, 11) is 0. The molecule has 0 bridgehead atoms. The van der Waals surface area contributed by atoms with Crippen molar-refractivity contribution < 1.29 is 0 Å². The molecule has 2 unspecified atom stereocenters. The quantitative estimate of drug-likeness (QED) is 0.655. The van der Waals surface area contributed by atoms with Gasteiger partial charge in [-0.15, -0.1) is 0 Å². The van der Waals surface area contributed by atoms with Crippen molar-refractivity contribution in [2.75, 3.05) is 6.54 Å². The summed E-state index contributed by atoms with van der Waals surface area (Å²) in [4.78, 5) is 0. The van der Waals surface area contributed by atoms with Crippen LogP contribution in [0.5, 0.6) is 0 Å². The first kappa shape index (κ1) is 13.0. The van der Waals surface area contributed by atoms with Crippen LogP contribution in [0.1, 0.15) is 65.7 Å². The van der Waals surface area contributed by atoms with Gasteiger partial charge in [-0.25, -0.2) is 0 Å². The molecule has 1 aliphatic carbocycles. The Balaban J connectivity index is 2.17. The Hall–Kier alpha value is -0.0400. The second-order valence-corrected chi connectivity index (χ2v) is 5.67. The zero-order chi connectivity index (χ0) is 11.1. The van der Waals surface area contributed by atoms with Gasteiger partial charge in [0.25, 0.3) is 0 Å². The van der Waals surface area contributed by atoms with E-state index in [0.717, 1.165) is 17.9 Å². The molecule has 0 aromatic rings. The maximum absolute atomic E-state index is 3.73. The van der Waals surface area contributed by atoms with Crippen LogP contribution in [0, 0.1) is 11.8 Å². The van der Waals surface area contributed by atoms with E-state index in [9.17, 15) is 0 Å². The van der Waals surface area contributed by atoms with Crippen molar-refractivity contribution in [3.05, 3.63) is 0 Å². The standard InChI is InChI=1S/C14H29N/c1-4-5-9-15-14-8-6-7-13(11-14)10-12(2)3/h12-15H,4-11H2,1-3H3. The van der Waals surface area contributed by atoms with E-state index < -0.39 is 0 Å². The van der Waals surface area contributed by atoms with Gasteiger partial charge in [-0.05, 0) is 44.1 Å². The molecule has 0 spiro atoms. The smallest absolute Gasteiger partial charge is 0.00697 e. The van der Waals surface area contributed by atoms with E-state index >= 15 is 0 Å². The average Bonchev–Trinajstić information content (AvgIpc) is 2.18. The fraction of sp³-hybridized carbons (Fsp3) is 1.00. The molecule has 0 amide bonds. The summed E-state index contributed by atoms with van der Waals surface area (Å²) in [6, 6.07) is 0.828. The molecule has 0 heterocycles. The molecular formula is C14H29N. The summed E-state index contributed by atoms with van der Waals surface area (Å²) in [5, 5.41) is 3.73. The van der Waals surface area contributed by atoms with Gasteiger partial charge in [0.2, 0.25) is 0 Å². The van der Waals surface area contributed by atoms with Crippen molar-refractivity contribution in [1.29, 1.82) is 0 Å². The van der Waals surface area contributed by atoms with E-state index in [4.69, 9.17) is 0 Å². The van der Waals surface area contributed by atoms with Crippen LogP contribution in [0.4, 0.5) is 0 Å². The predicted octanol–water partition coefficient (Wildman–Crippen LogP) is 3.98. The Morgan fingerprint density at radius 3 is 2.73 bits per heavy atom. The minimum absolute atomic E-state index is 0.828. The minimum Gasteiger partial charge on any atom is -0.314 e. The van der Waals surface area contributed by atoms with Gasteiger partial charge in [-0.1, -0.05) is 40.0 Å². The molecular weight excluding hydrogens is 182 g/mol. The van der Waals surface area contributed by atoms with E-state index in [1.54, 1.807) is 0 Å². The van der Waals surface area contributed by atoms with Crippen molar-refractivity contribution in [1.82, 2.24) is 5.32 Å². The van der Waals surface area contributed by atoms with Crippen molar-refractivity contribution >= 4 is 0 Å². The van der Waals surface area contributed by atoms with Gasteiger partial charge in [-0.3, -0.25) is 0 Å². The van der Waals surface area contributed by atoms with E-state index in [2.05, 4.69) is 26.1 Å². The monoisotopic (exact) mass is 211 g/mol. The highest BCUT2D eigenvalue weighted by molar-refractivity contribution is 4.78. The summed E-state index contributed by atoms with van der Waals surface area (Å²) in [5.41, 5.74) is 0. The summed E-state index contributed by atoms with van der Waals surface area (Å²) in [6.07, 6.45) is 9.86. The van der Waals surface area contributed by atoms with Gasteiger partial charge in [0.05, 0.1) is 0 Å². The van der Waals surface area contributed by atoms with Crippen LogP contribution < -0.4 is 5.32 Å². The molecule has 0 radical (unpaired) electrons. The van der Waals surface area contributed by atoms with E-state index in [-0.39, 0.29) is 0 Å². The van der Waals surface area contributed by atoms with Crippen LogP contribution in [0.3, 0.4) is 0 Å². The SMILES string of the molecule is CCCCNC1CCCC(CC(C)C)C1. The lowest BCUT2D eigenvalue weighted by molar-refractivity contribution is 0.252. The van der Waals surface area contributed by atoms with Crippen LogP contribution >= 0.6 is 0 Å². The van der Waals surface area contributed by atoms with Crippen molar-refractivity contribution in [2.45, 2.75) is 71.8 Å². The van der Waals surface area contributed by atoms with Crippen LogP contribution in [-0.4, -0.2) is 12.6 Å². The average molecular weight is 211 g/mol. The maximum Gasteiger partial charge on any atom is 0.00697 e. The number of unbranched alkanes of at least 4 members (excludes halogenated alkanes) is 1. The maximum atomic E-state index is 3.73. The summed E-state index contributed by atoms with van der Waals surface area (Å²) in [5.74, 6) is 1.88. The molecule has 2 atom stereocenters. The number of hydrogen-bond acceptors (Lipinski definition) is 1. The third-order valence-electron chi connectivity index (χ3n) is 3.55. The summed E-state index contributed by atoms with van der Waals surface area (Å²) >= 11 is 0. The fourth-order valence-electron chi connectivity index (χ4n) is 2.84. The number of rotatable bonds is 6. The third kappa shape index (κ3) is 5.55. The first-order valence-corrected chi connectivity index (χ1v) is 6.95. The van der Waals surface area contributed by atoms with Gasteiger partial charge in [0, 0.05) is 6.04 Å². The molecule has 15 heavy (non-hydrogen) atoms. The number of hydrogen-bond donors (Lipinski definition) is 1. The molecule has 0 aliphatic heterocycles. The van der Waals surface area contributed by atoms with Crippen molar-refractivity contribution in [3.8, 4) is 0 Å². The Bertz CT molecular complexity index is 153. The van der Waals surface area contributed by atoms with Crippen LogP contribution in [-0.2, 0) is 0 Å². The largest absolute Gasteiger partial charge is 0.314 e. The highest BCUT2D eigenvalue weighted by Gasteiger charge is 2.21. The second kappa shape index (κ2) is 7.27. The van der Waals surface area contributed by atoms with Gasteiger partial charge in [-0.2, -0.15) is 0 Å².